The number of likely N-dealkylation sites (N-methyl/N-ethyl adjacent to an activating group) is 2. The fourth-order valence-electron chi connectivity index (χ4n) is 2.69. The third-order valence-electron chi connectivity index (χ3n) is 4.04. The minimum Gasteiger partial charge on any atom is -0.325 e. The molecule has 1 aliphatic rings. The van der Waals surface area contributed by atoms with Gasteiger partial charge in [0.25, 0.3) is 0 Å². The molecule has 19 heavy (non-hydrogen) atoms. The predicted molar refractivity (Wildman–Crippen MR) is 78.4 cm³/mol. The minimum absolute atomic E-state index is 0.101. The van der Waals surface area contributed by atoms with Crippen LogP contribution in [0.25, 0.3) is 0 Å². The average molecular weight is 260 g/mol. The zero-order valence-electron chi connectivity index (χ0n) is 12.8. The molecule has 1 fully saturated rings. The predicted octanol–water partition coefficient (Wildman–Crippen LogP) is 3.33. The molecule has 0 saturated carbocycles. The fraction of sp³-hybridized carbons (Fsp3) is 0.562. The zero-order chi connectivity index (χ0) is 14.4. The van der Waals surface area contributed by atoms with E-state index in [9.17, 15) is 4.79 Å². The summed E-state index contributed by atoms with van der Waals surface area (Å²) in [5.74, 6) is 0. The summed E-state index contributed by atoms with van der Waals surface area (Å²) >= 11 is 0. The molecule has 1 unspecified atom stereocenters. The molecule has 2 amide bonds. The van der Waals surface area contributed by atoms with Gasteiger partial charge in [-0.25, -0.2) is 4.79 Å². The lowest BCUT2D eigenvalue weighted by molar-refractivity contribution is 0.201. The van der Waals surface area contributed by atoms with Gasteiger partial charge in [-0.1, -0.05) is 39.0 Å². The third kappa shape index (κ3) is 2.46. The maximum Gasteiger partial charge on any atom is 0.320 e. The molecule has 0 spiro atoms. The van der Waals surface area contributed by atoms with Crippen molar-refractivity contribution in [1.82, 2.24) is 9.80 Å². The number of urea groups is 1. The molecule has 0 N–H and O–H groups in total. The van der Waals surface area contributed by atoms with E-state index in [1.54, 1.807) is 4.90 Å². The number of carbonyl (C=O) groups is 1. The van der Waals surface area contributed by atoms with E-state index in [-0.39, 0.29) is 17.5 Å². The van der Waals surface area contributed by atoms with E-state index in [0.717, 1.165) is 6.54 Å². The molecule has 104 valence electrons. The standard InChI is InChI=1S/C16H24N2O/c1-11-9-12(16(2,3)4)7-8-13(11)14-10-17(5)15(19)18(14)6/h7-9,14H,10H2,1-6H3. The highest BCUT2D eigenvalue weighted by atomic mass is 16.2. The molecule has 0 aromatic heterocycles. The van der Waals surface area contributed by atoms with E-state index < -0.39 is 0 Å². The molecule has 0 bridgehead atoms. The summed E-state index contributed by atoms with van der Waals surface area (Å²) < 4.78 is 0. The first-order valence-corrected chi connectivity index (χ1v) is 6.81. The topological polar surface area (TPSA) is 23.6 Å². The van der Waals surface area contributed by atoms with E-state index >= 15 is 0 Å². The number of benzene rings is 1. The summed E-state index contributed by atoms with van der Waals surface area (Å²) in [7, 11) is 3.74. The summed E-state index contributed by atoms with van der Waals surface area (Å²) in [6.07, 6.45) is 0. The van der Waals surface area contributed by atoms with Gasteiger partial charge < -0.3 is 9.80 Å². The molecule has 1 saturated heterocycles. The molecule has 3 heteroatoms. The van der Waals surface area contributed by atoms with Gasteiger partial charge in [0.05, 0.1) is 6.04 Å². The number of hydrogen-bond donors (Lipinski definition) is 0. The van der Waals surface area contributed by atoms with Crippen molar-refractivity contribution in [2.24, 2.45) is 0 Å². The Balaban J connectivity index is 2.35. The van der Waals surface area contributed by atoms with Gasteiger partial charge in [-0.3, -0.25) is 0 Å². The van der Waals surface area contributed by atoms with Crippen molar-refractivity contribution in [3.05, 3.63) is 34.9 Å². The van der Waals surface area contributed by atoms with Crippen molar-refractivity contribution in [3.8, 4) is 0 Å². The number of nitrogens with zero attached hydrogens (tertiary/aromatic N) is 2. The van der Waals surface area contributed by atoms with Crippen LogP contribution in [0.1, 0.15) is 43.5 Å². The van der Waals surface area contributed by atoms with Crippen molar-refractivity contribution in [2.75, 3.05) is 20.6 Å². The molecule has 1 heterocycles. The zero-order valence-corrected chi connectivity index (χ0v) is 12.8. The summed E-state index contributed by atoms with van der Waals surface area (Å²) in [6, 6.07) is 6.91. The first kappa shape index (κ1) is 13.9. The lowest BCUT2D eigenvalue weighted by Crippen LogP contribution is -2.26. The quantitative estimate of drug-likeness (QED) is 0.759. The number of aryl methyl sites for hydroxylation is 1. The SMILES string of the molecule is Cc1cc(C(C)(C)C)ccc1C1CN(C)C(=O)N1C. The van der Waals surface area contributed by atoms with Crippen molar-refractivity contribution in [2.45, 2.75) is 39.2 Å². The van der Waals surface area contributed by atoms with Crippen LogP contribution < -0.4 is 0 Å². The minimum atomic E-state index is 0.101. The summed E-state index contributed by atoms with van der Waals surface area (Å²) in [5, 5.41) is 0. The van der Waals surface area contributed by atoms with Gasteiger partial charge in [0.2, 0.25) is 0 Å². The van der Waals surface area contributed by atoms with E-state index in [1.807, 2.05) is 19.0 Å². The molecule has 0 radical (unpaired) electrons. The highest BCUT2D eigenvalue weighted by molar-refractivity contribution is 5.77. The van der Waals surface area contributed by atoms with Gasteiger partial charge >= 0.3 is 6.03 Å². The number of rotatable bonds is 1. The van der Waals surface area contributed by atoms with Gasteiger partial charge in [-0.2, -0.15) is 0 Å². The Morgan fingerprint density at radius 3 is 2.26 bits per heavy atom. The third-order valence-corrected chi connectivity index (χ3v) is 4.04. The molecule has 1 aliphatic heterocycles. The Kier molecular flexibility index (Phi) is 3.33. The van der Waals surface area contributed by atoms with E-state index in [4.69, 9.17) is 0 Å². The maximum atomic E-state index is 11.9. The fourth-order valence-corrected chi connectivity index (χ4v) is 2.69. The van der Waals surface area contributed by atoms with Crippen LogP contribution in [-0.2, 0) is 5.41 Å². The van der Waals surface area contributed by atoms with Gasteiger partial charge in [0.15, 0.2) is 0 Å². The number of carbonyl (C=O) groups excluding carboxylic acids is 1. The largest absolute Gasteiger partial charge is 0.325 e. The molecule has 1 atom stereocenters. The molecule has 3 nitrogen and oxygen atoms in total. The van der Waals surface area contributed by atoms with Crippen LogP contribution in [-0.4, -0.2) is 36.5 Å². The highest BCUT2D eigenvalue weighted by Crippen LogP contribution is 2.32. The normalized spacial score (nSPS) is 20.3. The molecule has 1 aromatic carbocycles. The van der Waals surface area contributed by atoms with Crippen LogP contribution in [0, 0.1) is 6.92 Å². The Hall–Kier alpha value is -1.51. The van der Waals surface area contributed by atoms with Crippen LogP contribution in [0.4, 0.5) is 4.79 Å². The van der Waals surface area contributed by atoms with Crippen LogP contribution in [0.3, 0.4) is 0 Å². The van der Waals surface area contributed by atoms with Gasteiger partial charge in [-0.15, -0.1) is 0 Å². The van der Waals surface area contributed by atoms with Crippen molar-refractivity contribution in [3.63, 3.8) is 0 Å². The van der Waals surface area contributed by atoms with E-state index in [2.05, 4.69) is 45.9 Å². The van der Waals surface area contributed by atoms with Crippen molar-refractivity contribution < 1.29 is 4.79 Å². The monoisotopic (exact) mass is 260 g/mol. The van der Waals surface area contributed by atoms with Crippen molar-refractivity contribution >= 4 is 6.03 Å². The summed E-state index contributed by atoms with van der Waals surface area (Å²) in [4.78, 5) is 15.5. The first-order chi connectivity index (χ1) is 8.71. The second kappa shape index (κ2) is 4.55. The molecular weight excluding hydrogens is 236 g/mol. The Labute approximate surface area is 116 Å². The smallest absolute Gasteiger partial charge is 0.320 e. The van der Waals surface area contributed by atoms with Gasteiger partial charge in [0, 0.05) is 20.6 Å². The molecule has 1 aromatic rings. The second-order valence-electron chi connectivity index (χ2n) is 6.61. The Morgan fingerprint density at radius 2 is 1.84 bits per heavy atom. The lowest BCUT2D eigenvalue weighted by Gasteiger charge is -2.24. The molecular formula is C16H24N2O. The van der Waals surface area contributed by atoms with Crippen LogP contribution in [0.2, 0.25) is 0 Å². The van der Waals surface area contributed by atoms with E-state index in [0.29, 0.717) is 0 Å². The van der Waals surface area contributed by atoms with E-state index in [1.165, 1.54) is 16.7 Å². The van der Waals surface area contributed by atoms with Gasteiger partial charge in [0.1, 0.15) is 0 Å². The lowest BCUT2D eigenvalue weighted by atomic mass is 9.84. The Morgan fingerprint density at radius 1 is 1.21 bits per heavy atom. The highest BCUT2D eigenvalue weighted by Gasteiger charge is 2.34. The van der Waals surface area contributed by atoms with Crippen molar-refractivity contribution in [1.29, 1.82) is 0 Å². The number of hydrogen-bond acceptors (Lipinski definition) is 1. The van der Waals surface area contributed by atoms with Crippen LogP contribution in [0.5, 0.6) is 0 Å². The van der Waals surface area contributed by atoms with Crippen LogP contribution in [0.15, 0.2) is 18.2 Å². The average Bonchev–Trinajstić information content (AvgIpc) is 2.56. The second-order valence-corrected chi connectivity index (χ2v) is 6.61. The molecule has 0 aliphatic carbocycles. The van der Waals surface area contributed by atoms with Gasteiger partial charge in [-0.05, 0) is 29.0 Å². The molecule has 2 rings (SSSR count). The first-order valence-electron chi connectivity index (χ1n) is 6.81. The Bertz CT molecular complexity index is 502. The summed E-state index contributed by atoms with van der Waals surface area (Å²) in [6.45, 7) is 9.58. The number of amides is 2. The summed E-state index contributed by atoms with van der Waals surface area (Å²) in [5.41, 5.74) is 4.03. The maximum absolute atomic E-state index is 11.9. The van der Waals surface area contributed by atoms with Crippen LogP contribution >= 0.6 is 0 Å².